The minimum atomic E-state index is -0.520. The molecular formula is C13H11N5O2. The zero-order valence-corrected chi connectivity index (χ0v) is 10.4. The van der Waals surface area contributed by atoms with E-state index in [1.165, 1.54) is 12.1 Å². The maximum Gasteiger partial charge on any atom is 0.243 e. The third-order valence-corrected chi connectivity index (χ3v) is 2.86. The molecule has 1 unspecified atom stereocenters. The van der Waals surface area contributed by atoms with E-state index in [4.69, 9.17) is 10.5 Å². The Bertz CT molecular complexity index is 631. The van der Waals surface area contributed by atoms with Crippen LogP contribution in [0.4, 0.5) is 5.69 Å². The maximum atomic E-state index is 12.0. The molecule has 2 amide bonds. The van der Waals surface area contributed by atoms with Gasteiger partial charge in [0.25, 0.3) is 0 Å². The highest BCUT2D eigenvalue weighted by Crippen LogP contribution is 2.14. The molecule has 0 spiro atoms. The Morgan fingerprint density at radius 1 is 1.30 bits per heavy atom. The van der Waals surface area contributed by atoms with Crippen molar-refractivity contribution < 1.29 is 9.59 Å². The van der Waals surface area contributed by atoms with E-state index >= 15 is 0 Å². The molecule has 0 radical (unpaired) electrons. The number of nitrogens with zero attached hydrogens (tertiary/aromatic N) is 2. The number of benzene rings is 1. The van der Waals surface area contributed by atoms with E-state index in [1.807, 2.05) is 12.1 Å². The van der Waals surface area contributed by atoms with Gasteiger partial charge in [0.05, 0.1) is 17.7 Å². The minimum Gasteiger partial charge on any atom is -0.353 e. The lowest BCUT2D eigenvalue weighted by Gasteiger charge is -2.23. The Labute approximate surface area is 115 Å². The molecule has 2 rings (SSSR count). The lowest BCUT2D eigenvalue weighted by molar-refractivity contribution is -0.124. The molecule has 0 bridgehead atoms. The summed E-state index contributed by atoms with van der Waals surface area (Å²) in [6, 6.07) is 7.75. The molecule has 1 aromatic rings. The molecule has 7 nitrogen and oxygen atoms in total. The predicted molar refractivity (Wildman–Crippen MR) is 69.3 cm³/mol. The van der Waals surface area contributed by atoms with Crippen molar-refractivity contribution in [2.24, 2.45) is 0 Å². The summed E-state index contributed by atoms with van der Waals surface area (Å²) < 4.78 is 0. The third-order valence-electron chi connectivity index (χ3n) is 2.86. The summed E-state index contributed by atoms with van der Waals surface area (Å²) >= 11 is 0. The molecule has 1 aromatic carbocycles. The van der Waals surface area contributed by atoms with Crippen LogP contribution in [0.2, 0.25) is 0 Å². The van der Waals surface area contributed by atoms with Crippen LogP contribution in [-0.4, -0.2) is 30.9 Å². The second-order valence-electron chi connectivity index (χ2n) is 4.21. The van der Waals surface area contributed by atoms with Gasteiger partial charge in [-0.1, -0.05) is 0 Å². The van der Waals surface area contributed by atoms with Gasteiger partial charge in [0.15, 0.2) is 0 Å². The van der Waals surface area contributed by atoms with Gasteiger partial charge in [-0.25, -0.2) is 0 Å². The average molecular weight is 269 g/mol. The van der Waals surface area contributed by atoms with Crippen molar-refractivity contribution in [3.63, 3.8) is 0 Å². The van der Waals surface area contributed by atoms with Gasteiger partial charge in [0, 0.05) is 12.2 Å². The van der Waals surface area contributed by atoms with Crippen LogP contribution in [0.15, 0.2) is 18.2 Å². The molecule has 1 aliphatic heterocycles. The Hall–Kier alpha value is -2.90. The van der Waals surface area contributed by atoms with E-state index in [9.17, 15) is 9.59 Å². The van der Waals surface area contributed by atoms with Crippen molar-refractivity contribution in [3.05, 3.63) is 29.3 Å². The molecule has 100 valence electrons. The topological polar surface area (TPSA) is 118 Å². The lowest BCUT2D eigenvalue weighted by atomic mass is 10.1. The van der Waals surface area contributed by atoms with Gasteiger partial charge in [-0.2, -0.15) is 10.5 Å². The number of hydrogen-bond donors (Lipinski definition) is 3. The summed E-state index contributed by atoms with van der Waals surface area (Å²) in [5.74, 6) is -0.460. The Morgan fingerprint density at radius 2 is 2.05 bits per heavy atom. The fourth-order valence-electron chi connectivity index (χ4n) is 1.79. The molecule has 3 N–H and O–H groups in total. The van der Waals surface area contributed by atoms with Gasteiger partial charge >= 0.3 is 0 Å². The number of rotatable bonds is 2. The van der Waals surface area contributed by atoms with E-state index in [2.05, 4.69) is 16.0 Å². The first-order chi connectivity index (χ1) is 9.63. The van der Waals surface area contributed by atoms with Crippen molar-refractivity contribution in [3.8, 4) is 12.1 Å². The van der Waals surface area contributed by atoms with Crippen LogP contribution in [-0.2, 0) is 9.59 Å². The molecule has 0 saturated carbocycles. The smallest absolute Gasteiger partial charge is 0.243 e. The Balaban J connectivity index is 2.07. The van der Waals surface area contributed by atoms with Crippen molar-refractivity contribution in [2.45, 2.75) is 6.04 Å². The Kier molecular flexibility index (Phi) is 3.94. The van der Waals surface area contributed by atoms with Crippen LogP contribution in [0.5, 0.6) is 0 Å². The number of piperazine rings is 1. The fraction of sp³-hybridized carbons (Fsp3) is 0.231. The van der Waals surface area contributed by atoms with Crippen LogP contribution >= 0.6 is 0 Å². The number of nitrogens with one attached hydrogen (secondary N) is 3. The number of carbonyl (C=O) groups excluding carboxylic acids is 2. The van der Waals surface area contributed by atoms with Gasteiger partial charge in [0.2, 0.25) is 11.8 Å². The number of nitriles is 2. The van der Waals surface area contributed by atoms with E-state index < -0.39 is 6.04 Å². The summed E-state index contributed by atoms with van der Waals surface area (Å²) in [6.45, 7) is 0.307. The van der Waals surface area contributed by atoms with Crippen molar-refractivity contribution >= 4 is 17.5 Å². The van der Waals surface area contributed by atoms with Crippen LogP contribution in [0, 0.1) is 22.7 Å². The van der Waals surface area contributed by atoms with Gasteiger partial charge in [0.1, 0.15) is 18.2 Å². The molecule has 0 aliphatic carbocycles. The highest BCUT2D eigenvalue weighted by molar-refractivity contribution is 5.96. The highest BCUT2D eigenvalue weighted by atomic mass is 16.2. The second-order valence-corrected chi connectivity index (χ2v) is 4.21. The van der Waals surface area contributed by atoms with Crippen LogP contribution in [0.3, 0.4) is 0 Å². The van der Waals surface area contributed by atoms with Gasteiger partial charge in [-0.15, -0.1) is 0 Å². The summed E-state index contributed by atoms with van der Waals surface area (Å²) in [5.41, 5.74) is 0.896. The number of anilines is 1. The maximum absolute atomic E-state index is 12.0. The molecule has 7 heteroatoms. The molecule has 1 aliphatic rings. The average Bonchev–Trinajstić information content (AvgIpc) is 2.47. The van der Waals surface area contributed by atoms with Crippen LogP contribution in [0.25, 0.3) is 0 Å². The number of carbonyl (C=O) groups is 2. The first-order valence-electron chi connectivity index (χ1n) is 5.89. The number of amides is 2. The van der Waals surface area contributed by atoms with E-state index in [0.717, 1.165) is 0 Å². The molecule has 0 aromatic heterocycles. The first kappa shape index (κ1) is 13.5. The van der Waals surface area contributed by atoms with Gasteiger partial charge in [-0.3, -0.25) is 14.9 Å². The van der Waals surface area contributed by atoms with Crippen molar-refractivity contribution in [1.29, 1.82) is 10.5 Å². The lowest BCUT2D eigenvalue weighted by Crippen LogP contribution is -2.56. The molecular weight excluding hydrogens is 258 g/mol. The zero-order valence-electron chi connectivity index (χ0n) is 10.4. The summed E-state index contributed by atoms with van der Waals surface area (Å²) in [6.07, 6.45) is 0. The molecule has 1 atom stereocenters. The van der Waals surface area contributed by atoms with Gasteiger partial charge in [-0.05, 0) is 18.2 Å². The van der Waals surface area contributed by atoms with Crippen LogP contribution < -0.4 is 16.0 Å². The van der Waals surface area contributed by atoms with E-state index in [0.29, 0.717) is 5.69 Å². The second kappa shape index (κ2) is 5.83. The highest BCUT2D eigenvalue weighted by Gasteiger charge is 2.23. The van der Waals surface area contributed by atoms with Crippen molar-refractivity contribution in [2.75, 3.05) is 18.4 Å². The standard InChI is InChI=1S/C13H11N5O2/c14-4-8-1-2-10(3-9(8)5-15)18-13(20)11-6-17-12(19)7-16-11/h1-3,11,16H,6-7H2,(H,17,19)(H,18,20). The van der Waals surface area contributed by atoms with Gasteiger partial charge < -0.3 is 10.6 Å². The van der Waals surface area contributed by atoms with E-state index in [-0.39, 0.29) is 36.0 Å². The largest absolute Gasteiger partial charge is 0.353 e. The first-order valence-corrected chi connectivity index (χ1v) is 5.89. The summed E-state index contributed by atoms with van der Waals surface area (Å²) in [5, 5.41) is 25.7. The SMILES string of the molecule is N#Cc1ccc(NC(=O)C2CNC(=O)CN2)cc1C#N. The number of hydrogen-bond acceptors (Lipinski definition) is 5. The van der Waals surface area contributed by atoms with E-state index in [1.54, 1.807) is 6.07 Å². The van der Waals surface area contributed by atoms with Crippen LogP contribution in [0.1, 0.15) is 11.1 Å². The monoisotopic (exact) mass is 269 g/mol. The molecule has 1 saturated heterocycles. The molecule has 20 heavy (non-hydrogen) atoms. The predicted octanol–water partition coefficient (Wildman–Crippen LogP) is -0.544. The summed E-state index contributed by atoms with van der Waals surface area (Å²) in [4.78, 5) is 22.9. The Morgan fingerprint density at radius 3 is 2.65 bits per heavy atom. The molecule has 1 fully saturated rings. The normalized spacial score (nSPS) is 17.5. The summed E-state index contributed by atoms with van der Waals surface area (Å²) in [7, 11) is 0. The van der Waals surface area contributed by atoms with Crippen molar-refractivity contribution in [1.82, 2.24) is 10.6 Å². The zero-order chi connectivity index (χ0) is 14.5. The quantitative estimate of drug-likeness (QED) is 0.666. The minimum absolute atomic E-state index is 0.0922. The molecule has 1 heterocycles. The third kappa shape index (κ3) is 2.91. The fourth-order valence-corrected chi connectivity index (χ4v) is 1.79.